The van der Waals surface area contributed by atoms with E-state index in [0.717, 1.165) is 26.1 Å². The SMILES string of the molecule is C=CC1=Cc2nc(C(CC)CCC(C)(C)C)cc(C(C)(C)C)c2C1C1(C)CN(C)CCN1C. The van der Waals surface area contributed by atoms with Crippen molar-refractivity contribution < 1.29 is 0 Å². The van der Waals surface area contributed by atoms with Crippen molar-refractivity contribution in [2.24, 2.45) is 5.41 Å². The first-order valence-corrected chi connectivity index (χ1v) is 13.0. The minimum atomic E-state index is 0.0118. The zero-order valence-electron chi connectivity index (χ0n) is 23.2. The van der Waals surface area contributed by atoms with E-state index in [1.165, 1.54) is 40.9 Å². The standard InChI is InChI=1S/C30H49N3/c1-12-21(14-15-28(3,4)5)24-19-23(29(6,7)8)26-25(31-24)18-22(13-2)27(26)30(9)20-32(10)16-17-33(30)11/h13,18-19,21,27H,2,12,14-17,20H2,1,3-11H3. The largest absolute Gasteiger partial charge is 0.303 e. The van der Waals surface area contributed by atoms with Crippen LogP contribution in [0.3, 0.4) is 0 Å². The molecule has 1 fully saturated rings. The summed E-state index contributed by atoms with van der Waals surface area (Å²) in [7, 11) is 4.55. The molecular formula is C30H49N3. The van der Waals surface area contributed by atoms with Gasteiger partial charge in [0.1, 0.15) is 0 Å². The van der Waals surface area contributed by atoms with Gasteiger partial charge in [0.2, 0.25) is 0 Å². The summed E-state index contributed by atoms with van der Waals surface area (Å²) in [6.45, 7) is 26.4. The van der Waals surface area contributed by atoms with Crippen LogP contribution in [0.4, 0.5) is 0 Å². The molecule has 33 heavy (non-hydrogen) atoms. The van der Waals surface area contributed by atoms with Crippen LogP contribution in [-0.2, 0) is 5.41 Å². The van der Waals surface area contributed by atoms with Gasteiger partial charge in [0, 0.05) is 42.7 Å². The Morgan fingerprint density at radius 3 is 2.39 bits per heavy atom. The Bertz CT molecular complexity index is 898. The molecule has 3 unspecified atom stereocenters. The van der Waals surface area contributed by atoms with Gasteiger partial charge in [-0.05, 0) is 80.0 Å². The second-order valence-corrected chi connectivity index (χ2v) is 13.1. The number of aromatic nitrogens is 1. The third-order valence-corrected chi connectivity index (χ3v) is 8.13. The Balaban J connectivity index is 2.16. The van der Waals surface area contributed by atoms with Crippen molar-refractivity contribution in [1.29, 1.82) is 0 Å². The molecule has 3 atom stereocenters. The molecule has 1 saturated heterocycles. The van der Waals surface area contributed by atoms with E-state index in [4.69, 9.17) is 4.98 Å². The molecule has 0 saturated carbocycles. The van der Waals surface area contributed by atoms with E-state index in [0.29, 0.717) is 17.3 Å². The van der Waals surface area contributed by atoms with Crippen LogP contribution in [-0.4, -0.2) is 54.1 Å². The Labute approximate surface area is 204 Å². The fraction of sp³-hybridized carbons (Fsp3) is 0.700. The number of pyridine rings is 1. The molecule has 2 heterocycles. The summed E-state index contributed by atoms with van der Waals surface area (Å²) < 4.78 is 0. The molecule has 0 N–H and O–H groups in total. The molecule has 3 nitrogen and oxygen atoms in total. The van der Waals surface area contributed by atoms with E-state index >= 15 is 0 Å². The summed E-state index contributed by atoms with van der Waals surface area (Å²) >= 11 is 0. The van der Waals surface area contributed by atoms with Gasteiger partial charge in [0.05, 0.1) is 5.69 Å². The van der Waals surface area contributed by atoms with Crippen LogP contribution in [0.15, 0.2) is 24.3 Å². The van der Waals surface area contributed by atoms with Gasteiger partial charge < -0.3 is 4.90 Å². The van der Waals surface area contributed by atoms with Gasteiger partial charge in [-0.15, -0.1) is 0 Å². The number of hydrogen-bond acceptors (Lipinski definition) is 3. The highest BCUT2D eigenvalue weighted by atomic mass is 15.3. The predicted octanol–water partition coefficient (Wildman–Crippen LogP) is 7.00. The fourth-order valence-corrected chi connectivity index (χ4v) is 5.90. The highest BCUT2D eigenvalue weighted by Crippen LogP contribution is 2.50. The number of likely N-dealkylation sites (N-methyl/N-ethyl adjacent to an activating group) is 2. The fourth-order valence-electron chi connectivity index (χ4n) is 5.90. The molecule has 0 spiro atoms. The Hall–Kier alpha value is -1.45. The number of allylic oxidation sites excluding steroid dienone is 1. The first kappa shape index (κ1) is 26.2. The van der Waals surface area contributed by atoms with Crippen LogP contribution >= 0.6 is 0 Å². The van der Waals surface area contributed by atoms with Crippen LogP contribution < -0.4 is 0 Å². The first-order chi connectivity index (χ1) is 15.2. The van der Waals surface area contributed by atoms with E-state index in [9.17, 15) is 0 Å². The van der Waals surface area contributed by atoms with Crippen molar-refractivity contribution in [3.05, 3.63) is 46.8 Å². The maximum absolute atomic E-state index is 5.36. The molecule has 0 radical (unpaired) electrons. The lowest BCUT2D eigenvalue weighted by Crippen LogP contribution is -2.61. The summed E-state index contributed by atoms with van der Waals surface area (Å²) in [6.07, 6.45) is 7.99. The molecule has 0 bridgehead atoms. The molecule has 184 valence electrons. The summed E-state index contributed by atoms with van der Waals surface area (Å²) in [5, 5.41) is 0. The van der Waals surface area contributed by atoms with Crippen molar-refractivity contribution >= 4 is 6.08 Å². The lowest BCUT2D eigenvalue weighted by atomic mass is 9.71. The van der Waals surface area contributed by atoms with E-state index in [1.807, 2.05) is 0 Å². The van der Waals surface area contributed by atoms with Crippen LogP contribution in [0.25, 0.3) is 6.08 Å². The maximum atomic E-state index is 5.36. The van der Waals surface area contributed by atoms with Crippen LogP contribution in [0.1, 0.15) is 109 Å². The number of rotatable bonds is 6. The highest BCUT2D eigenvalue weighted by Gasteiger charge is 2.47. The first-order valence-electron chi connectivity index (χ1n) is 13.0. The van der Waals surface area contributed by atoms with Crippen molar-refractivity contribution in [3.8, 4) is 0 Å². The third-order valence-electron chi connectivity index (χ3n) is 8.13. The Morgan fingerprint density at radius 2 is 1.85 bits per heavy atom. The van der Waals surface area contributed by atoms with Crippen molar-refractivity contribution in [1.82, 2.24) is 14.8 Å². The molecule has 0 aromatic carbocycles. The zero-order valence-corrected chi connectivity index (χ0v) is 23.2. The summed E-state index contributed by atoms with van der Waals surface area (Å²) in [6, 6.07) is 2.47. The predicted molar refractivity (Wildman–Crippen MR) is 144 cm³/mol. The molecule has 1 aromatic heterocycles. The van der Waals surface area contributed by atoms with Gasteiger partial charge in [-0.2, -0.15) is 0 Å². The van der Waals surface area contributed by atoms with E-state index in [-0.39, 0.29) is 11.0 Å². The summed E-state index contributed by atoms with van der Waals surface area (Å²) in [5.74, 6) is 0.803. The van der Waals surface area contributed by atoms with E-state index in [1.54, 1.807) is 0 Å². The van der Waals surface area contributed by atoms with Gasteiger partial charge in [0.15, 0.2) is 0 Å². The summed E-state index contributed by atoms with van der Waals surface area (Å²) in [4.78, 5) is 10.4. The lowest BCUT2D eigenvalue weighted by molar-refractivity contribution is 0.0287. The Kier molecular flexibility index (Phi) is 7.37. The van der Waals surface area contributed by atoms with Crippen molar-refractivity contribution in [2.75, 3.05) is 33.7 Å². The number of hydrogen-bond donors (Lipinski definition) is 0. The van der Waals surface area contributed by atoms with Crippen LogP contribution in [0.2, 0.25) is 0 Å². The number of piperazine rings is 1. The smallest absolute Gasteiger partial charge is 0.0677 e. The number of fused-ring (bicyclic) bond motifs is 1. The molecule has 3 rings (SSSR count). The zero-order chi connectivity index (χ0) is 24.8. The normalized spacial score (nSPS) is 25.6. The van der Waals surface area contributed by atoms with Gasteiger partial charge in [-0.3, -0.25) is 9.88 Å². The average Bonchev–Trinajstić information content (AvgIpc) is 3.08. The molecule has 1 aliphatic carbocycles. The minimum absolute atomic E-state index is 0.0118. The molecule has 2 aliphatic rings. The van der Waals surface area contributed by atoms with Crippen LogP contribution in [0.5, 0.6) is 0 Å². The average molecular weight is 452 g/mol. The molecule has 1 aliphatic heterocycles. The van der Waals surface area contributed by atoms with Gasteiger partial charge >= 0.3 is 0 Å². The van der Waals surface area contributed by atoms with Crippen molar-refractivity contribution in [2.45, 2.75) is 97.4 Å². The van der Waals surface area contributed by atoms with E-state index in [2.05, 4.69) is 104 Å². The molecule has 3 heteroatoms. The second-order valence-electron chi connectivity index (χ2n) is 13.1. The summed E-state index contributed by atoms with van der Waals surface area (Å²) in [5.41, 5.74) is 7.13. The minimum Gasteiger partial charge on any atom is -0.303 e. The highest BCUT2D eigenvalue weighted by molar-refractivity contribution is 5.70. The van der Waals surface area contributed by atoms with Crippen molar-refractivity contribution in [3.63, 3.8) is 0 Å². The van der Waals surface area contributed by atoms with Crippen LogP contribution in [0, 0.1) is 5.41 Å². The van der Waals surface area contributed by atoms with E-state index < -0.39 is 0 Å². The monoisotopic (exact) mass is 451 g/mol. The molecule has 0 amide bonds. The second kappa shape index (κ2) is 9.30. The topological polar surface area (TPSA) is 19.4 Å². The molecule has 1 aromatic rings. The quantitative estimate of drug-likeness (QED) is 0.464. The Morgan fingerprint density at radius 1 is 1.18 bits per heavy atom. The maximum Gasteiger partial charge on any atom is 0.0677 e. The molecular weight excluding hydrogens is 402 g/mol. The lowest BCUT2D eigenvalue weighted by Gasteiger charge is -2.51. The third kappa shape index (κ3) is 5.30. The van der Waals surface area contributed by atoms with Gasteiger partial charge in [-0.25, -0.2) is 0 Å². The van der Waals surface area contributed by atoms with Gasteiger partial charge in [0.25, 0.3) is 0 Å². The number of nitrogens with zero attached hydrogens (tertiary/aromatic N) is 3. The van der Waals surface area contributed by atoms with Gasteiger partial charge in [-0.1, -0.05) is 61.1 Å².